The molecule has 0 saturated carbocycles. The molecule has 2 rings (SSSR count). The third-order valence-electron chi connectivity index (χ3n) is 2.53. The minimum absolute atomic E-state index is 0.756. The van der Waals surface area contributed by atoms with E-state index in [1.54, 1.807) is 6.20 Å². The van der Waals surface area contributed by atoms with Crippen LogP contribution in [0, 0.1) is 0 Å². The van der Waals surface area contributed by atoms with E-state index in [0.29, 0.717) is 0 Å². The molecule has 0 radical (unpaired) electrons. The quantitative estimate of drug-likeness (QED) is 0.842. The summed E-state index contributed by atoms with van der Waals surface area (Å²) < 4.78 is 5.60. The summed E-state index contributed by atoms with van der Waals surface area (Å²) in [4.78, 5) is 4.09. The largest absolute Gasteiger partial charge is 0.494 e. The fraction of sp³-hybridized carbons (Fsp3) is 0.267. The average molecular weight is 242 g/mol. The van der Waals surface area contributed by atoms with E-state index in [-0.39, 0.29) is 0 Å². The fourth-order valence-corrected chi connectivity index (χ4v) is 1.62. The third kappa shape index (κ3) is 3.77. The maximum Gasteiger partial charge on any atom is 0.121 e. The monoisotopic (exact) mass is 242 g/mol. The molecule has 1 N–H and O–H groups in total. The van der Waals surface area contributed by atoms with Gasteiger partial charge in [0.2, 0.25) is 0 Å². The molecule has 0 aliphatic heterocycles. The summed E-state index contributed by atoms with van der Waals surface area (Å²) >= 11 is 0. The summed E-state index contributed by atoms with van der Waals surface area (Å²) in [7, 11) is 0. The maximum atomic E-state index is 5.60. The highest BCUT2D eigenvalue weighted by Crippen LogP contribution is 2.18. The van der Waals surface area contributed by atoms with Crippen LogP contribution in [0.1, 0.15) is 18.9 Å². The van der Waals surface area contributed by atoms with Crippen LogP contribution in [-0.2, 0) is 6.54 Å². The Kier molecular flexibility index (Phi) is 4.59. The summed E-state index contributed by atoms with van der Waals surface area (Å²) in [6, 6.07) is 12.0. The Morgan fingerprint density at radius 3 is 2.94 bits per heavy atom. The predicted molar refractivity (Wildman–Crippen MR) is 73.8 cm³/mol. The van der Waals surface area contributed by atoms with Crippen molar-refractivity contribution in [1.82, 2.24) is 4.98 Å². The molecule has 3 nitrogen and oxygen atoms in total. The van der Waals surface area contributed by atoms with Gasteiger partial charge >= 0.3 is 0 Å². The molecule has 0 unspecified atom stereocenters. The van der Waals surface area contributed by atoms with Crippen LogP contribution in [0.2, 0.25) is 0 Å². The number of benzene rings is 1. The maximum absolute atomic E-state index is 5.60. The van der Waals surface area contributed by atoms with Gasteiger partial charge in [-0.15, -0.1) is 0 Å². The van der Waals surface area contributed by atoms with Crippen molar-refractivity contribution in [2.45, 2.75) is 19.9 Å². The van der Waals surface area contributed by atoms with Crippen molar-refractivity contribution in [2.75, 3.05) is 11.9 Å². The van der Waals surface area contributed by atoms with Crippen molar-refractivity contribution in [1.29, 1.82) is 0 Å². The highest BCUT2D eigenvalue weighted by Gasteiger charge is 1.97. The molecule has 0 bridgehead atoms. The molecule has 1 aromatic heterocycles. The second kappa shape index (κ2) is 6.64. The third-order valence-corrected chi connectivity index (χ3v) is 2.53. The normalized spacial score (nSPS) is 10.1. The lowest BCUT2D eigenvalue weighted by atomic mass is 10.2. The van der Waals surface area contributed by atoms with Crippen molar-refractivity contribution in [3.63, 3.8) is 0 Å². The zero-order valence-corrected chi connectivity index (χ0v) is 10.6. The van der Waals surface area contributed by atoms with Gasteiger partial charge in [0.15, 0.2) is 0 Å². The SMILES string of the molecule is CCCOc1cccc(NCc2cccnc2)c1. The van der Waals surface area contributed by atoms with Gasteiger partial charge in [-0.3, -0.25) is 4.98 Å². The molecule has 0 spiro atoms. The van der Waals surface area contributed by atoms with Crippen LogP contribution in [0.3, 0.4) is 0 Å². The molecule has 3 heteroatoms. The molecule has 0 amide bonds. The molecule has 18 heavy (non-hydrogen) atoms. The molecular formula is C15H18N2O. The van der Waals surface area contributed by atoms with Crippen molar-refractivity contribution >= 4 is 5.69 Å². The summed E-state index contributed by atoms with van der Waals surface area (Å²) in [5.74, 6) is 0.910. The van der Waals surface area contributed by atoms with E-state index in [1.807, 2.05) is 36.5 Å². The van der Waals surface area contributed by atoms with Crippen LogP contribution in [0.4, 0.5) is 5.69 Å². The minimum atomic E-state index is 0.756. The summed E-state index contributed by atoms with van der Waals surface area (Å²) in [6.07, 6.45) is 4.67. The number of nitrogens with zero attached hydrogens (tertiary/aromatic N) is 1. The van der Waals surface area contributed by atoms with E-state index in [4.69, 9.17) is 4.74 Å². The first-order valence-corrected chi connectivity index (χ1v) is 6.24. The van der Waals surface area contributed by atoms with E-state index < -0.39 is 0 Å². The van der Waals surface area contributed by atoms with Gasteiger partial charge < -0.3 is 10.1 Å². The van der Waals surface area contributed by atoms with E-state index in [1.165, 1.54) is 0 Å². The van der Waals surface area contributed by atoms with E-state index in [2.05, 4.69) is 23.3 Å². The number of pyridine rings is 1. The van der Waals surface area contributed by atoms with Gasteiger partial charge in [-0.05, 0) is 30.2 Å². The number of rotatable bonds is 6. The topological polar surface area (TPSA) is 34.1 Å². The summed E-state index contributed by atoms with van der Waals surface area (Å²) in [5.41, 5.74) is 2.23. The number of nitrogens with one attached hydrogen (secondary N) is 1. The van der Waals surface area contributed by atoms with Crippen LogP contribution in [0.15, 0.2) is 48.8 Å². The van der Waals surface area contributed by atoms with E-state index >= 15 is 0 Å². The number of aromatic nitrogens is 1. The molecule has 1 heterocycles. The highest BCUT2D eigenvalue weighted by molar-refractivity contribution is 5.48. The van der Waals surface area contributed by atoms with Gasteiger partial charge in [0.25, 0.3) is 0 Å². The number of hydrogen-bond acceptors (Lipinski definition) is 3. The van der Waals surface area contributed by atoms with Crippen LogP contribution in [0.25, 0.3) is 0 Å². The number of ether oxygens (including phenoxy) is 1. The lowest BCUT2D eigenvalue weighted by Gasteiger charge is -2.09. The Morgan fingerprint density at radius 2 is 2.17 bits per heavy atom. The molecule has 0 aliphatic rings. The summed E-state index contributed by atoms with van der Waals surface area (Å²) in [5, 5.41) is 3.36. The minimum Gasteiger partial charge on any atom is -0.494 e. The molecule has 1 aromatic carbocycles. The summed E-state index contributed by atoms with van der Waals surface area (Å²) in [6.45, 7) is 3.63. The Labute approximate surface area is 108 Å². The molecule has 0 atom stereocenters. The first kappa shape index (κ1) is 12.4. The van der Waals surface area contributed by atoms with E-state index in [9.17, 15) is 0 Å². The average Bonchev–Trinajstić information content (AvgIpc) is 2.44. The fourth-order valence-electron chi connectivity index (χ4n) is 1.62. The van der Waals surface area contributed by atoms with Crippen LogP contribution in [-0.4, -0.2) is 11.6 Å². The van der Waals surface area contributed by atoms with Crippen LogP contribution >= 0.6 is 0 Å². The van der Waals surface area contributed by atoms with Gasteiger partial charge in [-0.2, -0.15) is 0 Å². The lowest BCUT2D eigenvalue weighted by molar-refractivity contribution is 0.317. The first-order valence-electron chi connectivity index (χ1n) is 6.24. The van der Waals surface area contributed by atoms with Crippen LogP contribution in [0.5, 0.6) is 5.75 Å². The zero-order valence-electron chi connectivity index (χ0n) is 10.6. The van der Waals surface area contributed by atoms with Gasteiger partial charge in [0.05, 0.1) is 6.61 Å². The molecule has 0 fully saturated rings. The molecule has 0 aliphatic carbocycles. The lowest BCUT2D eigenvalue weighted by Crippen LogP contribution is -2.00. The second-order valence-electron chi connectivity index (χ2n) is 4.09. The molecule has 2 aromatic rings. The Bertz CT molecular complexity index is 471. The van der Waals surface area contributed by atoms with Gasteiger partial charge in [0.1, 0.15) is 5.75 Å². The van der Waals surface area contributed by atoms with Gasteiger partial charge in [-0.25, -0.2) is 0 Å². The zero-order chi connectivity index (χ0) is 12.6. The highest BCUT2D eigenvalue weighted by atomic mass is 16.5. The van der Waals surface area contributed by atoms with Crippen molar-refractivity contribution in [2.24, 2.45) is 0 Å². The number of hydrogen-bond donors (Lipinski definition) is 1. The smallest absolute Gasteiger partial charge is 0.121 e. The van der Waals surface area contributed by atoms with Crippen molar-refractivity contribution in [3.8, 4) is 5.75 Å². The predicted octanol–water partition coefficient (Wildman–Crippen LogP) is 3.48. The van der Waals surface area contributed by atoms with Crippen LogP contribution < -0.4 is 10.1 Å². The molecular weight excluding hydrogens is 224 g/mol. The first-order chi connectivity index (χ1) is 8.88. The Balaban J connectivity index is 1.93. The molecule has 94 valence electrons. The van der Waals surface area contributed by atoms with Gasteiger partial charge in [0, 0.05) is 30.7 Å². The van der Waals surface area contributed by atoms with Crippen molar-refractivity contribution in [3.05, 3.63) is 54.4 Å². The molecule has 0 saturated heterocycles. The Morgan fingerprint density at radius 1 is 1.22 bits per heavy atom. The van der Waals surface area contributed by atoms with E-state index in [0.717, 1.165) is 36.6 Å². The standard InChI is InChI=1S/C15H18N2O/c1-2-9-18-15-7-3-6-14(10-15)17-12-13-5-4-8-16-11-13/h3-8,10-11,17H,2,9,12H2,1H3. The van der Waals surface area contributed by atoms with Gasteiger partial charge in [-0.1, -0.05) is 19.1 Å². The second-order valence-corrected chi connectivity index (χ2v) is 4.09. The number of anilines is 1. The Hall–Kier alpha value is -2.03. The van der Waals surface area contributed by atoms with Crippen molar-refractivity contribution < 1.29 is 4.74 Å².